The molecule has 4 aromatic rings. The van der Waals surface area contributed by atoms with Gasteiger partial charge in [-0.25, -0.2) is 13.9 Å². The van der Waals surface area contributed by atoms with Crippen molar-refractivity contribution in [2.75, 3.05) is 49.6 Å². The predicted molar refractivity (Wildman–Crippen MR) is 184 cm³/mol. The van der Waals surface area contributed by atoms with Gasteiger partial charge in [-0.05, 0) is 67.9 Å². The summed E-state index contributed by atoms with van der Waals surface area (Å²) in [5.41, 5.74) is 6.40. The third-order valence-electron chi connectivity index (χ3n) is 9.92. The molecule has 0 N–H and O–H groups in total. The lowest BCUT2D eigenvalue weighted by molar-refractivity contribution is -0.147. The van der Waals surface area contributed by atoms with Crippen LogP contribution in [0.1, 0.15) is 44.0 Å². The second-order valence-corrected chi connectivity index (χ2v) is 20.1. The SMILES string of the molecule is CCc1nn2c(C)cc(N3CC4(CN(C(=O)CO[Si](C)(C)C(C)(C)C)C4)C3)cc2c1N(C)c1nc(-c2ccc(F)cc2)c(C#N)s1. The van der Waals surface area contributed by atoms with Crippen LogP contribution in [0.2, 0.25) is 18.1 Å². The number of nitrogens with zero attached hydrogens (tertiary/aromatic N) is 7. The third-order valence-corrected chi connectivity index (χ3v) is 15.4. The molecular formula is C34H42FN7O2SSi. The van der Waals surface area contributed by atoms with Crippen LogP contribution in [-0.2, 0) is 15.6 Å². The Morgan fingerprint density at radius 2 is 1.85 bits per heavy atom. The van der Waals surface area contributed by atoms with E-state index in [4.69, 9.17) is 14.5 Å². The maximum absolute atomic E-state index is 13.6. The molecule has 0 bridgehead atoms. The van der Waals surface area contributed by atoms with Crippen molar-refractivity contribution in [3.05, 3.63) is 58.5 Å². The van der Waals surface area contributed by atoms with E-state index < -0.39 is 8.32 Å². The number of anilines is 3. The molecule has 0 radical (unpaired) electrons. The van der Waals surface area contributed by atoms with Gasteiger partial charge in [-0.1, -0.05) is 39.0 Å². The second kappa shape index (κ2) is 11.5. The van der Waals surface area contributed by atoms with Crippen molar-refractivity contribution in [1.82, 2.24) is 19.5 Å². The number of pyridine rings is 1. The molecule has 9 nitrogen and oxygen atoms in total. The Morgan fingerprint density at radius 1 is 1.17 bits per heavy atom. The number of amides is 1. The molecule has 2 aliphatic rings. The molecule has 0 unspecified atom stereocenters. The van der Waals surface area contributed by atoms with Gasteiger partial charge < -0.3 is 19.1 Å². The molecule has 0 aliphatic carbocycles. The van der Waals surface area contributed by atoms with Gasteiger partial charge in [0.15, 0.2) is 13.4 Å². The van der Waals surface area contributed by atoms with Gasteiger partial charge in [0.1, 0.15) is 29.1 Å². The van der Waals surface area contributed by atoms with Crippen LogP contribution in [0.25, 0.3) is 16.8 Å². The number of hydrogen-bond donors (Lipinski definition) is 0. The highest BCUT2D eigenvalue weighted by Gasteiger charge is 2.53. The van der Waals surface area contributed by atoms with Crippen LogP contribution >= 0.6 is 11.3 Å². The van der Waals surface area contributed by atoms with Gasteiger partial charge in [0.25, 0.3) is 0 Å². The topological polar surface area (TPSA) is 90.0 Å². The Kier molecular flexibility index (Phi) is 8.02. The van der Waals surface area contributed by atoms with Crippen molar-refractivity contribution in [3.8, 4) is 17.3 Å². The van der Waals surface area contributed by atoms with E-state index in [0.29, 0.717) is 21.3 Å². The van der Waals surface area contributed by atoms with Crippen LogP contribution in [0.3, 0.4) is 0 Å². The number of carbonyl (C=O) groups is 1. The first-order valence-electron chi connectivity index (χ1n) is 15.7. The maximum atomic E-state index is 13.6. The summed E-state index contributed by atoms with van der Waals surface area (Å²) in [6, 6.07) is 12.7. The number of benzene rings is 1. The average Bonchev–Trinajstić information content (AvgIpc) is 3.56. The largest absolute Gasteiger partial charge is 0.408 e. The number of likely N-dealkylation sites (tertiary alicyclic amines) is 1. The molecule has 0 saturated carbocycles. The summed E-state index contributed by atoms with van der Waals surface area (Å²) in [4.78, 5) is 24.6. The molecule has 2 fully saturated rings. The van der Waals surface area contributed by atoms with Crippen LogP contribution in [0.4, 0.5) is 20.9 Å². The Labute approximate surface area is 275 Å². The van der Waals surface area contributed by atoms with Crippen molar-refractivity contribution in [2.45, 2.75) is 59.2 Å². The summed E-state index contributed by atoms with van der Waals surface area (Å²) in [7, 11) is -0.0103. The minimum Gasteiger partial charge on any atom is -0.408 e. The number of carbonyl (C=O) groups excluding carboxylic acids is 1. The highest BCUT2D eigenvalue weighted by atomic mass is 32.1. The first-order valence-corrected chi connectivity index (χ1v) is 19.5. The molecule has 12 heteroatoms. The average molecular weight is 660 g/mol. The fourth-order valence-electron chi connectivity index (χ4n) is 6.17. The lowest BCUT2D eigenvalue weighted by Gasteiger charge is -2.61. The van der Waals surface area contributed by atoms with Crippen LogP contribution in [0, 0.1) is 29.5 Å². The maximum Gasteiger partial charge on any atom is 0.247 e. The first-order chi connectivity index (χ1) is 21.6. The quantitative estimate of drug-likeness (QED) is 0.193. The number of rotatable bonds is 8. The minimum atomic E-state index is -1.97. The summed E-state index contributed by atoms with van der Waals surface area (Å²) in [6.07, 6.45) is 0.729. The molecule has 5 heterocycles. The van der Waals surface area contributed by atoms with Gasteiger partial charge >= 0.3 is 0 Å². The van der Waals surface area contributed by atoms with Crippen molar-refractivity contribution in [1.29, 1.82) is 5.26 Å². The number of halogens is 1. The smallest absolute Gasteiger partial charge is 0.247 e. The lowest BCUT2D eigenvalue weighted by atomic mass is 9.72. The van der Waals surface area contributed by atoms with Gasteiger partial charge in [0.2, 0.25) is 5.91 Å². The molecule has 2 saturated heterocycles. The van der Waals surface area contributed by atoms with Gasteiger partial charge in [-0.15, -0.1) is 0 Å². The van der Waals surface area contributed by atoms with Crippen molar-refractivity contribution >= 4 is 47.6 Å². The zero-order valence-electron chi connectivity index (χ0n) is 27.9. The molecular weight excluding hydrogens is 618 g/mol. The van der Waals surface area contributed by atoms with E-state index in [2.05, 4.69) is 70.8 Å². The highest BCUT2D eigenvalue weighted by molar-refractivity contribution is 7.16. The Hall–Kier alpha value is -3.79. The zero-order valence-corrected chi connectivity index (χ0v) is 29.8. The van der Waals surface area contributed by atoms with E-state index in [1.54, 1.807) is 12.1 Å². The van der Waals surface area contributed by atoms with Crippen LogP contribution in [-0.4, -0.2) is 73.6 Å². The monoisotopic (exact) mass is 659 g/mol. The Bertz CT molecular complexity index is 1840. The summed E-state index contributed by atoms with van der Waals surface area (Å²) in [5, 5.41) is 15.6. The standard InChI is InChI=1S/C34H42FN7O2SSi/c1-9-26-31(39(6)32-37-30(28(16-36)45-32)23-10-12-24(35)13-11-23)27-15-25(14-22(2)42(27)38-26)40-18-34(19-40)20-41(21-34)29(43)17-44-46(7,8)33(3,4)5/h10-15H,9,17-21H2,1-8H3. The van der Waals surface area contributed by atoms with Crippen LogP contribution < -0.4 is 9.80 Å². The number of thiazole rings is 1. The van der Waals surface area contributed by atoms with Gasteiger partial charge in [0.05, 0.1) is 16.9 Å². The fourth-order valence-corrected chi connectivity index (χ4v) is 7.95. The van der Waals surface area contributed by atoms with E-state index in [1.165, 1.54) is 23.5 Å². The van der Waals surface area contributed by atoms with E-state index >= 15 is 0 Å². The number of nitriles is 1. The summed E-state index contributed by atoms with van der Waals surface area (Å²) in [5.74, 6) is -0.239. The minimum absolute atomic E-state index is 0.0754. The summed E-state index contributed by atoms with van der Waals surface area (Å²) in [6.45, 7) is 18.6. The molecule has 242 valence electrons. The van der Waals surface area contributed by atoms with Gasteiger partial charge in [-0.2, -0.15) is 10.4 Å². The second-order valence-electron chi connectivity index (χ2n) is 14.3. The lowest BCUT2D eigenvalue weighted by Crippen LogP contribution is -2.73. The molecule has 0 atom stereocenters. The summed E-state index contributed by atoms with van der Waals surface area (Å²) >= 11 is 1.32. The number of aryl methyl sites for hydroxylation is 2. The highest BCUT2D eigenvalue weighted by Crippen LogP contribution is 2.44. The number of fused-ring (bicyclic) bond motifs is 1. The molecule has 2 aliphatic heterocycles. The summed E-state index contributed by atoms with van der Waals surface area (Å²) < 4.78 is 21.7. The molecule has 6 rings (SSSR count). The first kappa shape index (κ1) is 32.2. The van der Waals surface area contributed by atoms with Crippen LogP contribution in [0.5, 0.6) is 0 Å². The van der Waals surface area contributed by atoms with Gasteiger partial charge in [0, 0.05) is 55.6 Å². The number of hydrogen-bond acceptors (Lipinski definition) is 8. The third kappa shape index (κ3) is 5.58. The van der Waals surface area contributed by atoms with E-state index in [1.807, 2.05) is 21.4 Å². The fraction of sp³-hybridized carbons (Fsp3) is 0.471. The molecule has 1 aromatic carbocycles. The van der Waals surface area contributed by atoms with Gasteiger partial charge in [-0.3, -0.25) is 4.79 Å². The van der Waals surface area contributed by atoms with Crippen LogP contribution in [0.15, 0.2) is 36.4 Å². The van der Waals surface area contributed by atoms with E-state index in [9.17, 15) is 14.4 Å². The molecule has 1 amide bonds. The van der Waals surface area contributed by atoms with Crippen molar-refractivity contribution < 1.29 is 13.6 Å². The molecule has 1 spiro atoms. The Morgan fingerprint density at radius 3 is 2.46 bits per heavy atom. The normalized spacial score (nSPS) is 16.0. The van der Waals surface area contributed by atoms with E-state index in [-0.39, 0.29) is 28.8 Å². The Balaban J connectivity index is 1.20. The molecule has 46 heavy (non-hydrogen) atoms. The van der Waals surface area contributed by atoms with E-state index in [0.717, 1.165) is 60.9 Å². The number of aromatic nitrogens is 3. The van der Waals surface area contributed by atoms with Crippen molar-refractivity contribution in [3.63, 3.8) is 0 Å². The van der Waals surface area contributed by atoms with Crippen molar-refractivity contribution in [2.24, 2.45) is 5.41 Å². The molecule has 3 aromatic heterocycles. The predicted octanol–water partition coefficient (Wildman–Crippen LogP) is 6.78. The zero-order chi connectivity index (χ0) is 33.2.